The number of likely N-dealkylation sites (N-methyl/N-ethyl adjacent to an activating group) is 2. The van der Waals surface area contributed by atoms with Crippen molar-refractivity contribution in [1.82, 2.24) is 9.80 Å². The lowest BCUT2D eigenvalue weighted by atomic mass is 10.0. The number of carbonyl (C=O) groups is 1. The first kappa shape index (κ1) is 13.5. The van der Waals surface area contributed by atoms with Crippen molar-refractivity contribution in [2.45, 2.75) is 31.7 Å². The lowest BCUT2D eigenvalue weighted by molar-refractivity contribution is -0.140. The van der Waals surface area contributed by atoms with Crippen molar-refractivity contribution in [2.75, 3.05) is 40.8 Å². The van der Waals surface area contributed by atoms with E-state index in [1.165, 1.54) is 26.5 Å². The lowest BCUT2D eigenvalue weighted by Gasteiger charge is -2.35. The summed E-state index contributed by atoms with van der Waals surface area (Å²) in [7, 11) is 5.78. The van der Waals surface area contributed by atoms with Gasteiger partial charge >= 0.3 is 5.97 Å². The van der Waals surface area contributed by atoms with E-state index in [4.69, 9.17) is 0 Å². The van der Waals surface area contributed by atoms with Gasteiger partial charge in [-0.3, -0.25) is 4.79 Å². The molecule has 0 N–H and O–H groups in total. The zero-order valence-electron chi connectivity index (χ0n) is 10.7. The van der Waals surface area contributed by atoms with Gasteiger partial charge in [0.2, 0.25) is 0 Å². The summed E-state index contributed by atoms with van der Waals surface area (Å²) in [6.45, 7) is 3.34. The fourth-order valence-electron chi connectivity index (χ4n) is 2.26. The summed E-state index contributed by atoms with van der Waals surface area (Å²) in [5.74, 6) is -0.103. The van der Waals surface area contributed by atoms with Crippen LogP contribution in [0.5, 0.6) is 0 Å². The quantitative estimate of drug-likeness (QED) is 0.656. The molecular weight excluding hydrogens is 204 g/mol. The van der Waals surface area contributed by atoms with Gasteiger partial charge < -0.3 is 14.5 Å². The smallest absolute Gasteiger partial charge is 0.305 e. The third-order valence-electron chi connectivity index (χ3n) is 3.34. The summed E-state index contributed by atoms with van der Waals surface area (Å²) in [5, 5.41) is 0. The molecule has 0 amide bonds. The van der Waals surface area contributed by atoms with Crippen LogP contribution in [0.25, 0.3) is 0 Å². The van der Waals surface area contributed by atoms with Crippen LogP contribution in [-0.2, 0) is 9.53 Å². The van der Waals surface area contributed by atoms with Crippen LogP contribution in [0.4, 0.5) is 0 Å². The number of piperidine rings is 1. The highest BCUT2D eigenvalue weighted by Crippen LogP contribution is 2.13. The van der Waals surface area contributed by atoms with Gasteiger partial charge in [-0.25, -0.2) is 0 Å². The summed E-state index contributed by atoms with van der Waals surface area (Å²) in [5.41, 5.74) is 0. The summed E-state index contributed by atoms with van der Waals surface area (Å²) in [6, 6.07) is 0.649. The number of methoxy groups -OCH3 is 1. The fraction of sp³-hybridized carbons (Fsp3) is 0.917. The van der Waals surface area contributed by atoms with Gasteiger partial charge in [0, 0.05) is 19.0 Å². The van der Waals surface area contributed by atoms with E-state index in [0.29, 0.717) is 12.5 Å². The Morgan fingerprint density at radius 1 is 1.56 bits per heavy atom. The molecule has 1 atom stereocenters. The molecular formula is C12H24N2O2. The van der Waals surface area contributed by atoms with E-state index in [0.717, 1.165) is 19.5 Å². The van der Waals surface area contributed by atoms with E-state index in [1.54, 1.807) is 0 Å². The number of rotatable bonds is 5. The van der Waals surface area contributed by atoms with Crippen LogP contribution in [0.1, 0.15) is 25.7 Å². The normalized spacial score (nSPS) is 22.4. The van der Waals surface area contributed by atoms with Gasteiger partial charge in [0.1, 0.15) is 0 Å². The highest BCUT2D eigenvalue weighted by Gasteiger charge is 2.20. The summed E-state index contributed by atoms with van der Waals surface area (Å²) < 4.78 is 4.63. The number of carbonyl (C=O) groups excluding carboxylic acids is 1. The molecule has 4 heteroatoms. The van der Waals surface area contributed by atoms with E-state index in [-0.39, 0.29) is 5.97 Å². The molecule has 16 heavy (non-hydrogen) atoms. The largest absolute Gasteiger partial charge is 0.469 e. The molecule has 0 aromatic carbocycles. The number of esters is 1. The van der Waals surface area contributed by atoms with E-state index in [9.17, 15) is 4.79 Å². The van der Waals surface area contributed by atoms with Gasteiger partial charge in [-0.05, 0) is 46.4 Å². The third kappa shape index (κ3) is 4.49. The highest BCUT2D eigenvalue weighted by molar-refractivity contribution is 5.69. The summed E-state index contributed by atoms with van der Waals surface area (Å²) >= 11 is 0. The van der Waals surface area contributed by atoms with Crippen molar-refractivity contribution in [3.63, 3.8) is 0 Å². The monoisotopic (exact) mass is 228 g/mol. The zero-order chi connectivity index (χ0) is 12.0. The predicted molar refractivity (Wildman–Crippen MR) is 64.4 cm³/mol. The second-order valence-electron chi connectivity index (χ2n) is 4.72. The van der Waals surface area contributed by atoms with Crippen LogP contribution in [0.2, 0.25) is 0 Å². The molecule has 0 radical (unpaired) electrons. The average Bonchev–Trinajstić information content (AvgIpc) is 2.28. The van der Waals surface area contributed by atoms with E-state index < -0.39 is 0 Å². The van der Waals surface area contributed by atoms with Crippen molar-refractivity contribution in [1.29, 1.82) is 0 Å². The van der Waals surface area contributed by atoms with Gasteiger partial charge in [-0.1, -0.05) is 0 Å². The molecule has 0 bridgehead atoms. The lowest BCUT2D eigenvalue weighted by Crippen LogP contribution is -2.45. The van der Waals surface area contributed by atoms with Crippen LogP contribution >= 0.6 is 0 Å². The number of ether oxygens (including phenoxy) is 1. The molecule has 0 aliphatic carbocycles. The van der Waals surface area contributed by atoms with Crippen molar-refractivity contribution >= 4 is 5.97 Å². The van der Waals surface area contributed by atoms with Gasteiger partial charge in [-0.2, -0.15) is 0 Å². The van der Waals surface area contributed by atoms with E-state index in [2.05, 4.69) is 28.6 Å². The molecule has 0 aromatic rings. The number of hydrogen-bond acceptors (Lipinski definition) is 4. The standard InChI is InChI=1S/C12H24N2O2/c1-13-8-4-6-11(10-13)14(2)9-5-7-12(15)16-3/h11H,4-10H2,1-3H3. The first-order valence-electron chi connectivity index (χ1n) is 6.09. The van der Waals surface area contributed by atoms with E-state index >= 15 is 0 Å². The zero-order valence-corrected chi connectivity index (χ0v) is 10.7. The van der Waals surface area contributed by atoms with Gasteiger partial charge in [0.15, 0.2) is 0 Å². The van der Waals surface area contributed by atoms with Crippen molar-refractivity contribution in [3.05, 3.63) is 0 Å². The predicted octanol–water partition coefficient (Wildman–Crippen LogP) is 0.966. The molecule has 1 aliphatic heterocycles. The van der Waals surface area contributed by atoms with Crippen LogP contribution in [0, 0.1) is 0 Å². The molecule has 1 unspecified atom stereocenters. The maximum atomic E-state index is 11.0. The Balaban J connectivity index is 2.18. The van der Waals surface area contributed by atoms with Crippen LogP contribution in [-0.4, -0.2) is 62.7 Å². The summed E-state index contributed by atoms with van der Waals surface area (Å²) in [4.78, 5) is 15.7. The second kappa shape index (κ2) is 6.86. The minimum absolute atomic E-state index is 0.103. The molecule has 94 valence electrons. The molecule has 0 spiro atoms. The van der Waals surface area contributed by atoms with Gasteiger partial charge in [-0.15, -0.1) is 0 Å². The second-order valence-corrected chi connectivity index (χ2v) is 4.72. The van der Waals surface area contributed by atoms with Crippen molar-refractivity contribution < 1.29 is 9.53 Å². The van der Waals surface area contributed by atoms with Gasteiger partial charge in [0.25, 0.3) is 0 Å². The van der Waals surface area contributed by atoms with Crippen molar-refractivity contribution in [3.8, 4) is 0 Å². The Morgan fingerprint density at radius 2 is 2.31 bits per heavy atom. The minimum Gasteiger partial charge on any atom is -0.469 e. The molecule has 4 nitrogen and oxygen atoms in total. The third-order valence-corrected chi connectivity index (χ3v) is 3.34. The Hall–Kier alpha value is -0.610. The Kier molecular flexibility index (Phi) is 5.77. The molecule has 0 saturated carbocycles. The van der Waals surface area contributed by atoms with Crippen LogP contribution in [0.3, 0.4) is 0 Å². The topological polar surface area (TPSA) is 32.8 Å². The van der Waals surface area contributed by atoms with E-state index in [1.807, 2.05) is 0 Å². The fourth-order valence-corrected chi connectivity index (χ4v) is 2.26. The van der Waals surface area contributed by atoms with Crippen LogP contribution in [0.15, 0.2) is 0 Å². The molecule has 1 aliphatic rings. The molecule has 1 heterocycles. The highest BCUT2D eigenvalue weighted by atomic mass is 16.5. The molecule has 0 aromatic heterocycles. The summed E-state index contributed by atoms with van der Waals surface area (Å²) in [6.07, 6.45) is 3.98. The molecule has 1 saturated heterocycles. The Labute approximate surface area is 98.5 Å². The minimum atomic E-state index is -0.103. The molecule has 1 rings (SSSR count). The SMILES string of the molecule is COC(=O)CCCN(C)C1CCCN(C)C1. The number of nitrogens with zero attached hydrogens (tertiary/aromatic N) is 2. The average molecular weight is 228 g/mol. The van der Waals surface area contributed by atoms with Crippen LogP contribution < -0.4 is 0 Å². The Morgan fingerprint density at radius 3 is 2.94 bits per heavy atom. The first-order chi connectivity index (χ1) is 7.63. The Bertz CT molecular complexity index is 221. The van der Waals surface area contributed by atoms with Crippen molar-refractivity contribution in [2.24, 2.45) is 0 Å². The molecule has 1 fully saturated rings. The number of hydrogen-bond donors (Lipinski definition) is 0. The van der Waals surface area contributed by atoms with Gasteiger partial charge in [0.05, 0.1) is 7.11 Å². The maximum absolute atomic E-state index is 11.0. The first-order valence-corrected chi connectivity index (χ1v) is 6.09. The number of likely N-dealkylation sites (tertiary alicyclic amines) is 1. The maximum Gasteiger partial charge on any atom is 0.305 e.